The molecule has 0 spiro atoms. The number of piperazine rings is 1. The monoisotopic (exact) mass is 459 g/mol. The number of aliphatic hydroxyl groups is 1. The van der Waals surface area contributed by atoms with Crippen molar-refractivity contribution in [3.63, 3.8) is 0 Å². The standard InChI is InChI=1S/C25H37N3O3S/c1-4-5-9-21-14-24(32-18-21)31-17-22(29)15-27-10-12-28(13-11-27)16-23(30)26-25-19(2)7-6-8-20(25)3/h6-8,14,18,22,29H,4-5,9-13,15-17H2,1-3H3,(H,26,30). The van der Waals surface area contributed by atoms with Crippen molar-refractivity contribution in [2.75, 3.05) is 51.2 Å². The van der Waals surface area contributed by atoms with E-state index >= 15 is 0 Å². The molecule has 1 aromatic heterocycles. The van der Waals surface area contributed by atoms with E-state index in [1.807, 2.05) is 32.0 Å². The molecule has 1 saturated heterocycles. The van der Waals surface area contributed by atoms with Crippen LogP contribution >= 0.6 is 11.3 Å². The molecule has 2 N–H and O–H groups in total. The lowest BCUT2D eigenvalue weighted by molar-refractivity contribution is -0.117. The zero-order valence-corrected chi connectivity index (χ0v) is 20.4. The van der Waals surface area contributed by atoms with Crippen LogP contribution in [0.5, 0.6) is 5.06 Å². The highest BCUT2D eigenvalue weighted by Crippen LogP contribution is 2.24. The minimum Gasteiger partial charge on any atom is -0.481 e. The van der Waals surface area contributed by atoms with E-state index in [1.165, 1.54) is 18.4 Å². The molecule has 1 fully saturated rings. The van der Waals surface area contributed by atoms with E-state index in [9.17, 15) is 9.90 Å². The van der Waals surface area contributed by atoms with E-state index < -0.39 is 6.10 Å². The lowest BCUT2D eigenvalue weighted by Crippen LogP contribution is -2.50. The molecule has 6 nitrogen and oxygen atoms in total. The molecule has 2 heterocycles. The molecule has 1 amide bonds. The number of carbonyl (C=O) groups is 1. The maximum absolute atomic E-state index is 12.5. The predicted molar refractivity (Wildman–Crippen MR) is 132 cm³/mol. The summed E-state index contributed by atoms with van der Waals surface area (Å²) in [6.07, 6.45) is 2.95. The Morgan fingerprint density at radius 2 is 1.88 bits per heavy atom. The summed E-state index contributed by atoms with van der Waals surface area (Å²) >= 11 is 1.60. The number of rotatable bonds is 11. The third kappa shape index (κ3) is 7.59. The number of hydrogen-bond acceptors (Lipinski definition) is 6. The van der Waals surface area contributed by atoms with Gasteiger partial charge in [0, 0.05) is 38.4 Å². The van der Waals surface area contributed by atoms with Crippen molar-refractivity contribution in [3.05, 3.63) is 46.3 Å². The first-order valence-corrected chi connectivity index (χ1v) is 12.5. The summed E-state index contributed by atoms with van der Waals surface area (Å²) in [4.78, 5) is 16.9. The van der Waals surface area contributed by atoms with Crippen molar-refractivity contribution in [3.8, 4) is 5.06 Å². The van der Waals surface area contributed by atoms with Crippen LogP contribution in [0, 0.1) is 13.8 Å². The number of hydrogen-bond donors (Lipinski definition) is 2. The highest BCUT2D eigenvalue weighted by molar-refractivity contribution is 7.12. The number of unbranched alkanes of at least 4 members (excludes halogenated alkanes) is 1. The molecule has 0 aliphatic carbocycles. The second kappa shape index (κ2) is 12.3. The fourth-order valence-electron chi connectivity index (χ4n) is 3.99. The second-order valence-electron chi connectivity index (χ2n) is 8.73. The summed E-state index contributed by atoms with van der Waals surface area (Å²) in [7, 11) is 0. The lowest BCUT2D eigenvalue weighted by Gasteiger charge is -2.35. The molecule has 1 aliphatic rings. The van der Waals surface area contributed by atoms with E-state index in [0.717, 1.165) is 54.5 Å². The van der Waals surface area contributed by atoms with Gasteiger partial charge >= 0.3 is 0 Å². The Hall–Kier alpha value is -1.93. The number of β-amino-alcohol motifs (C(OH)–C–C–N with tert-alkyl or cyclic N) is 1. The zero-order chi connectivity index (χ0) is 22.9. The van der Waals surface area contributed by atoms with Crippen molar-refractivity contribution in [1.29, 1.82) is 0 Å². The molecule has 2 aromatic rings. The summed E-state index contributed by atoms with van der Waals surface area (Å²) < 4.78 is 5.80. The van der Waals surface area contributed by atoms with Gasteiger partial charge < -0.3 is 15.2 Å². The third-order valence-corrected chi connectivity index (χ3v) is 6.80. The first kappa shape index (κ1) is 24.7. The largest absolute Gasteiger partial charge is 0.481 e. The summed E-state index contributed by atoms with van der Waals surface area (Å²) in [6.45, 7) is 10.8. The number of anilines is 1. The van der Waals surface area contributed by atoms with E-state index in [2.05, 4.69) is 33.5 Å². The van der Waals surface area contributed by atoms with Crippen LogP contribution in [0.25, 0.3) is 0 Å². The molecule has 1 atom stereocenters. The van der Waals surface area contributed by atoms with E-state index in [-0.39, 0.29) is 5.91 Å². The van der Waals surface area contributed by atoms with Gasteiger partial charge in [-0.2, -0.15) is 0 Å². The average Bonchev–Trinajstić information content (AvgIpc) is 3.23. The first-order chi connectivity index (χ1) is 15.4. The summed E-state index contributed by atoms with van der Waals surface area (Å²) in [5, 5.41) is 16.5. The fourth-order valence-corrected chi connectivity index (χ4v) is 4.80. The minimum absolute atomic E-state index is 0.0264. The number of benzene rings is 1. The van der Waals surface area contributed by atoms with Crippen LogP contribution in [0.2, 0.25) is 0 Å². The van der Waals surface area contributed by atoms with Gasteiger partial charge in [0.2, 0.25) is 5.91 Å². The van der Waals surface area contributed by atoms with Crippen LogP contribution in [0.3, 0.4) is 0 Å². The van der Waals surface area contributed by atoms with Gasteiger partial charge in [0.1, 0.15) is 12.7 Å². The molecule has 0 saturated carbocycles. The van der Waals surface area contributed by atoms with Crippen LogP contribution in [-0.2, 0) is 11.2 Å². The van der Waals surface area contributed by atoms with Crippen LogP contribution in [-0.4, -0.2) is 72.8 Å². The van der Waals surface area contributed by atoms with Crippen LogP contribution in [0.1, 0.15) is 36.5 Å². The van der Waals surface area contributed by atoms with Crippen LogP contribution in [0.4, 0.5) is 5.69 Å². The molecule has 0 bridgehead atoms. The Morgan fingerprint density at radius 3 is 2.56 bits per heavy atom. The maximum Gasteiger partial charge on any atom is 0.238 e. The van der Waals surface area contributed by atoms with Gasteiger partial charge in [-0.3, -0.25) is 14.6 Å². The third-order valence-electron chi connectivity index (χ3n) is 5.91. The molecule has 32 heavy (non-hydrogen) atoms. The van der Waals surface area contributed by atoms with Crippen molar-refractivity contribution in [2.24, 2.45) is 0 Å². The summed E-state index contributed by atoms with van der Waals surface area (Å²) in [5.41, 5.74) is 4.40. The number of aliphatic hydroxyl groups excluding tert-OH is 1. The van der Waals surface area contributed by atoms with Gasteiger partial charge in [0.15, 0.2) is 5.06 Å². The molecular weight excluding hydrogens is 422 g/mol. The topological polar surface area (TPSA) is 65.0 Å². The maximum atomic E-state index is 12.5. The predicted octanol–water partition coefficient (Wildman–Crippen LogP) is 3.70. The summed E-state index contributed by atoms with van der Waals surface area (Å²) in [5.74, 6) is 0.0264. The van der Waals surface area contributed by atoms with Crippen molar-refractivity contribution >= 4 is 22.9 Å². The van der Waals surface area contributed by atoms with Gasteiger partial charge in [-0.25, -0.2) is 0 Å². The zero-order valence-electron chi connectivity index (χ0n) is 19.6. The van der Waals surface area contributed by atoms with Gasteiger partial charge in [-0.15, -0.1) is 11.3 Å². The molecule has 1 unspecified atom stereocenters. The molecule has 7 heteroatoms. The Labute approximate surface area is 196 Å². The van der Waals surface area contributed by atoms with E-state index in [4.69, 9.17) is 4.74 Å². The van der Waals surface area contributed by atoms with Crippen LogP contribution < -0.4 is 10.1 Å². The SMILES string of the molecule is CCCCc1csc(OCC(O)CN2CCN(CC(=O)Nc3c(C)cccc3C)CC2)c1. The molecular formula is C25H37N3O3S. The smallest absolute Gasteiger partial charge is 0.238 e. The Kier molecular flexibility index (Phi) is 9.53. The number of amides is 1. The molecule has 1 aliphatic heterocycles. The first-order valence-electron chi connectivity index (χ1n) is 11.6. The quantitative estimate of drug-likeness (QED) is 0.536. The van der Waals surface area contributed by atoms with Crippen molar-refractivity contribution < 1.29 is 14.6 Å². The molecule has 176 valence electrons. The van der Waals surface area contributed by atoms with Gasteiger partial charge in [0.25, 0.3) is 0 Å². The number of ether oxygens (including phenoxy) is 1. The van der Waals surface area contributed by atoms with Gasteiger partial charge in [-0.05, 0) is 54.8 Å². The highest BCUT2D eigenvalue weighted by Gasteiger charge is 2.21. The Bertz CT molecular complexity index is 842. The average molecular weight is 460 g/mol. The normalized spacial score (nSPS) is 16.1. The number of nitrogens with one attached hydrogen (secondary N) is 1. The summed E-state index contributed by atoms with van der Waals surface area (Å²) in [6, 6.07) is 8.13. The highest BCUT2D eigenvalue weighted by atomic mass is 32.1. The Balaban J connectivity index is 1.34. The minimum atomic E-state index is -0.518. The van der Waals surface area contributed by atoms with Crippen LogP contribution in [0.15, 0.2) is 29.6 Å². The van der Waals surface area contributed by atoms with Crippen molar-refractivity contribution in [2.45, 2.75) is 46.1 Å². The van der Waals surface area contributed by atoms with E-state index in [0.29, 0.717) is 19.7 Å². The van der Waals surface area contributed by atoms with E-state index in [1.54, 1.807) is 11.3 Å². The van der Waals surface area contributed by atoms with Gasteiger partial charge in [0.05, 0.1) is 6.54 Å². The number of thiophene rings is 1. The lowest BCUT2D eigenvalue weighted by atomic mass is 10.1. The Morgan fingerprint density at radius 1 is 1.19 bits per heavy atom. The second-order valence-corrected chi connectivity index (χ2v) is 9.61. The number of carbonyl (C=O) groups excluding carboxylic acids is 1. The number of aryl methyl sites for hydroxylation is 3. The molecule has 0 radical (unpaired) electrons. The molecule has 1 aromatic carbocycles. The number of para-hydroxylation sites is 1. The number of nitrogens with zero attached hydrogens (tertiary/aromatic N) is 2. The van der Waals surface area contributed by atoms with Gasteiger partial charge in [-0.1, -0.05) is 31.5 Å². The van der Waals surface area contributed by atoms with Crippen molar-refractivity contribution in [1.82, 2.24) is 9.80 Å². The molecule has 3 rings (SSSR count). The fraction of sp³-hybridized carbons (Fsp3) is 0.560.